The molecule has 0 radical (unpaired) electrons. The summed E-state index contributed by atoms with van der Waals surface area (Å²) in [6.07, 6.45) is 0.992. The molecular formula is C23H29NO4. The number of hydroxylamine groups is 2. The van der Waals surface area contributed by atoms with Crippen molar-refractivity contribution in [2.75, 3.05) is 6.61 Å². The van der Waals surface area contributed by atoms with Crippen molar-refractivity contribution in [1.82, 2.24) is 5.06 Å². The van der Waals surface area contributed by atoms with E-state index in [9.17, 15) is 5.21 Å². The van der Waals surface area contributed by atoms with Crippen LogP contribution < -0.4 is 0 Å². The standard InChI is InChI=1S/C23H29NO4/c1-4-20(24(25)15-18-11-7-5-8-12-18)22-21(27-23(2,3)28-22)17-26-16-19-13-9-6-10-14-19/h4-14,20-22,25H,1,15-17H2,2-3H3/t20-,21?,22-/m1/s1. The van der Waals surface area contributed by atoms with Crippen LogP contribution in [-0.2, 0) is 27.4 Å². The van der Waals surface area contributed by atoms with Gasteiger partial charge in [-0.15, -0.1) is 6.58 Å². The van der Waals surface area contributed by atoms with Gasteiger partial charge in [0.05, 0.1) is 19.3 Å². The average Bonchev–Trinajstić information content (AvgIpc) is 2.98. The zero-order valence-corrected chi connectivity index (χ0v) is 16.5. The summed E-state index contributed by atoms with van der Waals surface area (Å²) in [5, 5.41) is 12.0. The third-order valence-electron chi connectivity index (χ3n) is 4.72. The molecule has 1 heterocycles. The topological polar surface area (TPSA) is 51.2 Å². The van der Waals surface area contributed by atoms with Crippen molar-refractivity contribution >= 4 is 0 Å². The molecule has 1 fully saturated rings. The molecule has 28 heavy (non-hydrogen) atoms. The van der Waals surface area contributed by atoms with E-state index < -0.39 is 17.9 Å². The Hall–Kier alpha value is -2.02. The molecule has 0 aromatic heterocycles. The summed E-state index contributed by atoms with van der Waals surface area (Å²) < 4.78 is 18.0. The summed E-state index contributed by atoms with van der Waals surface area (Å²) >= 11 is 0. The van der Waals surface area contributed by atoms with Gasteiger partial charge >= 0.3 is 0 Å². The number of rotatable bonds is 9. The Kier molecular flexibility index (Phi) is 6.99. The van der Waals surface area contributed by atoms with E-state index in [0.717, 1.165) is 11.1 Å². The minimum absolute atomic E-state index is 0.313. The smallest absolute Gasteiger partial charge is 0.163 e. The zero-order chi connectivity index (χ0) is 20.0. The van der Waals surface area contributed by atoms with E-state index in [0.29, 0.717) is 19.8 Å². The molecule has 2 aromatic rings. The van der Waals surface area contributed by atoms with Gasteiger partial charge in [-0.05, 0) is 25.0 Å². The Morgan fingerprint density at radius 2 is 1.68 bits per heavy atom. The Morgan fingerprint density at radius 1 is 1.07 bits per heavy atom. The van der Waals surface area contributed by atoms with Crippen molar-refractivity contribution in [2.45, 2.75) is 51.0 Å². The molecule has 150 valence electrons. The molecular weight excluding hydrogens is 354 g/mol. The number of hydrogen-bond donors (Lipinski definition) is 1. The quantitative estimate of drug-likeness (QED) is 0.520. The van der Waals surface area contributed by atoms with Gasteiger partial charge in [0.1, 0.15) is 12.2 Å². The lowest BCUT2D eigenvalue weighted by Gasteiger charge is -2.30. The molecule has 1 aliphatic heterocycles. The summed E-state index contributed by atoms with van der Waals surface area (Å²) in [5.74, 6) is -0.750. The Morgan fingerprint density at radius 3 is 2.29 bits per heavy atom. The van der Waals surface area contributed by atoms with Crippen LogP contribution in [0.2, 0.25) is 0 Å². The summed E-state index contributed by atoms with van der Waals surface area (Å²) in [7, 11) is 0. The van der Waals surface area contributed by atoms with Gasteiger partial charge < -0.3 is 19.4 Å². The van der Waals surface area contributed by atoms with Crippen molar-refractivity contribution in [3.8, 4) is 0 Å². The fraction of sp³-hybridized carbons (Fsp3) is 0.391. The monoisotopic (exact) mass is 383 g/mol. The predicted molar refractivity (Wildman–Crippen MR) is 108 cm³/mol. The summed E-state index contributed by atoms with van der Waals surface area (Å²) in [4.78, 5) is 0. The second-order valence-electron chi connectivity index (χ2n) is 7.45. The van der Waals surface area contributed by atoms with Crippen LogP contribution in [-0.4, -0.2) is 40.9 Å². The van der Waals surface area contributed by atoms with E-state index in [2.05, 4.69) is 6.58 Å². The molecule has 3 rings (SSSR count). The predicted octanol–water partition coefficient (Wildman–Crippen LogP) is 4.17. The Balaban J connectivity index is 1.64. The summed E-state index contributed by atoms with van der Waals surface area (Å²) in [6.45, 7) is 8.88. The van der Waals surface area contributed by atoms with Gasteiger partial charge in [0.15, 0.2) is 5.79 Å². The fourth-order valence-corrected chi connectivity index (χ4v) is 3.45. The van der Waals surface area contributed by atoms with E-state index in [-0.39, 0.29) is 6.10 Å². The third kappa shape index (κ3) is 5.50. The van der Waals surface area contributed by atoms with Gasteiger partial charge in [-0.3, -0.25) is 0 Å². The van der Waals surface area contributed by atoms with Crippen LogP contribution in [0.1, 0.15) is 25.0 Å². The van der Waals surface area contributed by atoms with E-state index in [1.807, 2.05) is 74.5 Å². The van der Waals surface area contributed by atoms with Crippen molar-refractivity contribution in [3.05, 3.63) is 84.4 Å². The molecule has 5 nitrogen and oxygen atoms in total. The largest absolute Gasteiger partial charge is 0.374 e. The maximum Gasteiger partial charge on any atom is 0.163 e. The van der Waals surface area contributed by atoms with E-state index in [1.54, 1.807) is 6.08 Å². The van der Waals surface area contributed by atoms with Gasteiger partial charge in [0.2, 0.25) is 0 Å². The van der Waals surface area contributed by atoms with Crippen molar-refractivity contribution < 1.29 is 19.4 Å². The van der Waals surface area contributed by atoms with E-state index in [4.69, 9.17) is 14.2 Å². The number of nitrogens with zero attached hydrogens (tertiary/aromatic N) is 1. The van der Waals surface area contributed by atoms with Crippen LogP contribution >= 0.6 is 0 Å². The molecule has 1 N–H and O–H groups in total. The molecule has 0 amide bonds. The molecule has 0 spiro atoms. The molecule has 3 atom stereocenters. The van der Waals surface area contributed by atoms with Gasteiger partial charge in [0, 0.05) is 6.54 Å². The van der Waals surface area contributed by atoms with Crippen LogP contribution in [0.3, 0.4) is 0 Å². The lowest BCUT2D eigenvalue weighted by Crippen LogP contribution is -2.46. The van der Waals surface area contributed by atoms with Crippen molar-refractivity contribution in [1.29, 1.82) is 0 Å². The highest BCUT2D eigenvalue weighted by Gasteiger charge is 2.46. The first-order chi connectivity index (χ1) is 13.5. The maximum absolute atomic E-state index is 10.7. The van der Waals surface area contributed by atoms with Gasteiger partial charge in [0.25, 0.3) is 0 Å². The number of hydrogen-bond acceptors (Lipinski definition) is 5. The van der Waals surface area contributed by atoms with E-state index >= 15 is 0 Å². The van der Waals surface area contributed by atoms with Gasteiger partial charge in [-0.1, -0.05) is 66.7 Å². The highest BCUT2D eigenvalue weighted by molar-refractivity contribution is 5.15. The Bertz CT molecular complexity index is 735. The van der Waals surface area contributed by atoms with Crippen LogP contribution in [0.4, 0.5) is 0 Å². The molecule has 5 heteroatoms. The molecule has 0 bridgehead atoms. The second-order valence-corrected chi connectivity index (χ2v) is 7.45. The molecule has 0 saturated carbocycles. The SMILES string of the molecule is C=C[C@H]([C@H]1OC(C)(C)OC1COCc1ccccc1)N(O)Cc1ccccc1. The number of ether oxygens (including phenoxy) is 3. The maximum atomic E-state index is 10.7. The minimum atomic E-state index is -0.750. The fourth-order valence-electron chi connectivity index (χ4n) is 3.45. The first-order valence-electron chi connectivity index (χ1n) is 9.58. The van der Waals surface area contributed by atoms with E-state index in [1.165, 1.54) is 5.06 Å². The van der Waals surface area contributed by atoms with Crippen molar-refractivity contribution in [2.24, 2.45) is 0 Å². The van der Waals surface area contributed by atoms with Crippen LogP contribution in [0.15, 0.2) is 73.3 Å². The third-order valence-corrected chi connectivity index (χ3v) is 4.72. The summed E-state index contributed by atoms with van der Waals surface area (Å²) in [5.41, 5.74) is 2.11. The minimum Gasteiger partial charge on any atom is -0.374 e. The average molecular weight is 383 g/mol. The first-order valence-corrected chi connectivity index (χ1v) is 9.58. The molecule has 1 unspecified atom stereocenters. The molecule has 1 aliphatic rings. The van der Waals surface area contributed by atoms with Gasteiger partial charge in [-0.25, -0.2) is 0 Å². The van der Waals surface area contributed by atoms with Crippen LogP contribution in [0.5, 0.6) is 0 Å². The van der Waals surface area contributed by atoms with Crippen molar-refractivity contribution in [3.63, 3.8) is 0 Å². The van der Waals surface area contributed by atoms with Gasteiger partial charge in [-0.2, -0.15) is 5.06 Å². The zero-order valence-electron chi connectivity index (χ0n) is 16.5. The van der Waals surface area contributed by atoms with Crippen LogP contribution in [0.25, 0.3) is 0 Å². The Labute approximate surface area is 167 Å². The first kappa shape index (κ1) is 20.7. The molecule has 1 saturated heterocycles. The highest BCUT2D eigenvalue weighted by atomic mass is 16.8. The lowest BCUT2D eigenvalue weighted by molar-refractivity contribution is -0.178. The molecule has 0 aliphatic carbocycles. The highest BCUT2D eigenvalue weighted by Crippen LogP contribution is 2.32. The van der Waals surface area contributed by atoms with Crippen LogP contribution in [0, 0.1) is 0 Å². The lowest BCUT2D eigenvalue weighted by atomic mass is 10.0. The normalized spacial score (nSPS) is 22.3. The molecule has 2 aromatic carbocycles. The number of benzene rings is 2. The second kappa shape index (κ2) is 9.45. The summed E-state index contributed by atoms with van der Waals surface area (Å²) in [6, 6.07) is 19.4.